The Bertz CT molecular complexity index is 740. The molecule has 0 unspecified atom stereocenters. The van der Waals surface area contributed by atoms with E-state index in [4.69, 9.17) is 18.9 Å². The maximum Gasteiger partial charge on any atom is 2.00 e. The third-order valence-corrected chi connectivity index (χ3v) is 3.41. The Kier molecular flexibility index (Phi) is 12.1. The second-order valence-corrected chi connectivity index (χ2v) is 5.17. The van der Waals surface area contributed by atoms with Gasteiger partial charge in [-0.05, 0) is 50.2 Å². The largest absolute Gasteiger partial charge is 2.00 e. The minimum absolute atomic E-state index is 0. The molecular weight excluding hydrogens is 434 g/mol. The van der Waals surface area contributed by atoms with Crippen molar-refractivity contribution >= 4 is 11.9 Å². The van der Waals surface area contributed by atoms with Crippen LogP contribution < -0.4 is 29.2 Å². The quantitative estimate of drug-likeness (QED) is 0.539. The molecule has 0 saturated heterocycles. The van der Waals surface area contributed by atoms with Crippen LogP contribution in [-0.4, -0.2) is 39.4 Å². The normalized spacial score (nSPS) is 9.24. The van der Waals surface area contributed by atoms with Gasteiger partial charge in [0, 0.05) is 11.1 Å². The maximum atomic E-state index is 10.7. The van der Waals surface area contributed by atoms with Crippen LogP contribution in [-0.2, 0) is 19.5 Å². The second-order valence-electron chi connectivity index (χ2n) is 5.17. The zero-order valence-electron chi connectivity index (χ0n) is 16.9. The summed E-state index contributed by atoms with van der Waals surface area (Å²) in [5.41, 5.74) is 0.0115. The molecule has 0 aliphatic rings. The van der Waals surface area contributed by atoms with Gasteiger partial charge in [-0.25, -0.2) is 0 Å². The zero-order chi connectivity index (χ0) is 21.1. The van der Waals surface area contributed by atoms with E-state index in [-0.39, 0.29) is 30.6 Å². The molecule has 0 heterocycles. The number of hydrogen-bond acceptors (Lipinski definition) is 8. The summed E-state index contributed by atoms with van der Waals surface area (Å²) in [5, 5.41) is 21.4. The fraction of sp³-hybridized carbons (Fsp3) is 0.300. The van der Waals surface area contributed by atoms with Crippen molar-refractivity contribution in [1.82, 2.24) is 0 Å². The van der Waals surface area contributed by atoms with Crippen LogP contribution in [0.5, 0.6) is 23.0 Å². The zero-order valence-corrected chi connectivity index (χ0v) is 19.8. The first-order valence-corrected chi connectivity index (χ1v) is 8.42. The molecule has 0 radical (unpaired) electrons. The second kappa shape index (κ2) is 13.4. The Labute approximate surface area is 182 Å². The van der Waals surface area contributed by atoms with Gasteiger partial charge in [-0.3, -0.25) is 0 Å². The first-order valence-electron chi connectivity index (χ1n) is 8.42. The molecular formula is C20H22O8Zn. The number of methoxy groups -OCH3 is 2. The van der Waals surface area contributed by atoms with E-state index < -0.39 is 11.9 Å². The summed E-state index contributed by atoms with van der Waals surface area (Å²) in [6.07, 6.45) is 0. The molecule has 0 saturated carbocycles. The smallest absolute Gasteiger partial charge is 0.545 e. The number of carboxylic acids is 2. The molecule has 0 spiro atoms. The molecule has 0 amide bonds. The average molecular weight is 456 g/mol. The number of carboxylic acid groups (broad SMARTS) is 2. The average Bonchev–Trinajstić information content (AvgIpc) is 2.69. The van der Waals surface area contributed by atoms with Crippen LogP contribution in [0.4, 0.5) is 0 Å². The van der Waals surface area contributed by atoms with Gasteiger partial charge in [0.25, 0.3) is 0 Å². The minimum atomic E-state index is -1.27. The number of ether oxygens (including phenoxy) is 4. The molecule has 2 rings (SSSR count). The number of carbonyl (C=O) groups is 2. The van der Waals surface area contributed by atoms with Crippen molar-refractivity contribution in [2.24, 2.45) is 0 Å². The minimum Gasteiger partial charge on any atom is -0.545 e. The summed E-state index contributed by atoms with van der Waals surface area (Å²) >= 11 is 0. The Morgan fingerprint density at radius 1 is 0.759 bits per heavy atom. The van der Waals surface area contributed by atoms with Crippen molar-refractivity contribution in [2.45, 2.75) is 13.8 Å². The predicted molar refractivity (Wildman–Crippen MR) is 97.0 cm³/mol. The van der Waals surface area contributed by atoms with E-state index in [2.05, 4.69) is 0 Å². The molecule has 0 bridgehead atoms. The van der Waals surface area contributed by atoms with Crippen molar-refractivity contribution in [1.29, 1.82) is 0 Å². The van der Waals surface area contributed by atoms with Gasteiger partial charge in [0.1, 0.15) is 23.0 Å². The van der Waals surface area contributed by atoms with Crippen LogP contribution in [0.1, 0.15) is 34.6 Å². The number of benzene rings is 2. The summed E-state index contributed by atoms with van der Waals surface area (Å²) < 4.78 is 20.0. The molecule has 2 aromatic carbocycles. The summed E-state index contributed by atoms with van der Waals surface area (Å²) in [5.74, 6) is -1.01. The Balaban J connectivity index is 0.000000523. The fourth-order valence-corrected chi connectivity index (χ4v) is 2.15. The maximum absolute atomic E-state index is 10.7. The third-order valence-electron chi connectivity index (χ3n) is 3.41. The Morgan fingerprint density at radius 2 is 1.10 bits per heavy atom. The molecule has 0 N–H and O–H groups in total. The number of hydrogen-bond donors (Lipinski definition) is 0. The molecule has 0 aliphatic heterocycles. The van der Waals surface area contributed by atoms with Crippen LogP contribution in [0.15, 0.2) is 36.4 Å². The summed E-state index contributed by atoms with van der Waals surface area (Å²) in [6.45, 7) is 4.38. The molecule has 0 aromatic heterocycles. The van der Waals surface area contributed by atoms with Crippen LogP contribution in [0.2, 0.25) is 0 Å². The molecule has 8 nitrogen and oxygen atoms in total. The Morgan fingerprint density at radius 3 is 1.34 bits per heavy atom. The van der Waals surface area contributed by atoms with Gasteiger partial charge in [-0.2, -0.15) is 0 Å². The van der Waals surface area contributed by atoms with Crippen LogP contribution in [0.25, 0.3) is 0 Å². The van der Waals surface area contributed by atoms with Crippen molar-refractivity contribution in [3.63, 3.8) is 0 Å². The van der Waals surface area contributed by atoms with Crippen molar-refractivity contribution in [2.75, 3.05) is 27.4 Å². The monoisotopic (exact) mass is 454 g/mol. The van der Waals surface area contributed by atoms with Crippen molar-refractivity contribution < 1.29 is 58.2 Å². The first kappa shape index (κ1) is 26.2. The van der Waals surface area contributed by atoms with E-state index in [9.17, 15) is 19.8 Å². The number of carbonyl (C=O) groups excluding carboxylic acids is 2. The van der Waals surface area contributed by atoms with E-state index in [1.807, 2.05) is 0 Å². The molecule has 0 fully saturated rings. The molecule has 152 valence electrons. The van der Waals surface area contributed by atoms with Gasteiger partial charge in [0.2, 0.25) is 0 Å². The molecule has 29 heavy (non-hydrogen) atoms. The standard InChI is InChI=1S/2C10H12O4.Zn/c2*1-3-14-9-5-4-7(13-2)6-8(9)10(11)12;/h2*4-6H,3H2,1-2H3,(H,11,12);/q;;+2/p-2. The van der Waals surface area contributed by atoms with Crippen LogP contribution >= 0.6 is 0 Å². The molecule has 9 heteroatoms. The van der Waals surface area contributed by atoms with Crippen LogP contribution in [0, 0.1) is 0 Å². The van der Waals surface area contributed by atoms with Gasteiger partial charge < -0.3 is 38.7 Å². The van der Waals surface area contributed by atoms with Crippen LogP contribution in [0.3, 0.4) is 0 Å². The van der Waals surface area contributed by atoms with Gasteiger partial charge in [0.15, 0.2) is 0 Å². The van der Waals surface area contributed by atoms with Gasteiger partial charge in [-0.1, -0.05) is 0 Å². The number of aromatic carboxylic acids is 2. The predicted octanol–water partition coefficient (Wildman–Crippen LogP) is 0.912. The van der Waals surface area contributed by atoms with Gasteiger partial charge >= 0.3 is 19.5 Å². The van der Waals surface area contributed by atoms with E-state index >= 15 is 0 Å². The van der Waals surface area contributed by atoms with Crippen molar-refractivity contribution in [3.8, 4) is 23.0 Å². The molecule has 0 atom stereocenters. The number of rotatable bonds is 8. The Hall–Kier alpha value is -2.80. The fourth-order valence-electron chi connectivity index (χ4n) is 2.15. The topological polar surface area (TPSA) is 117 Å². The SMILES string of the molecule is CCOc1ccc(OC)cc1C(=O)[O-].CCOc1ccc(OC)cc1C(=O)[O-].[Zn+2]. The van der Waals surface area contributed by atoms with Crippen molar-refractivity contribution in [3.05, 3.63) is 47.5 Å². The van der Waals surface area contributed by atoms with Gasteiger partial charge in [0.05, 0.1) is 39.4 Å². The van der Waals surface area contributed by atoms with E-state index in [1.54, 1.807) is 38.1 Å². The third kappa shape index (κ3) is 7.99. The molecule has 0 aliphatic carbocycles. The first-order chi connectivity index (χ1) is 13.4. The van der Waals surface area contributed by atoms with E-state index in [1.165, 1.54) is 26.4 Å². The summed E-state index contributed by atoms with van der Waals surface area (Å²) in [7, 11) is 2.93. The molecule has 2 aromatic rings. The summed E-state index contributed by atoms with van der Waals surface area (Å²) in [6, 6.07) is 9.12. The van der Waals surface area contributed by atoms with Gasteiger partial charge in [-0.15, -0.1) is 0 Å². The van der Waals surface area contributed by atoms with E-state index in [0.717, 1.165) is 0 Å². The summed E-state index contributed by atoms with van der Waals surface area (Å²) in [4.78, 5) is 21.4. The van der Waals surface area contributed by atoms with E-state index in [0.29, 0.717) is 36.2 Å².